The van der Waals surface area contributed by atoms with Gasteiger partial charge in [-0.25, -0.2) is 9.97 Å². The largest absolute Gasteiger partial charge is 0.373 e. The summed E-state index contributed by atoms with van der Waals surface area (Å²) in [4.78, 5) is 9.96. The normalized spacial score (nSPS) is 10.4. The molecule has 2 aromatic rings. The molecule has 0 saturated heterocycles. The van der Waals surface area contributed by atoms with Crippen LogP contribution in [-0.2, 0) is 6.42 Å². The Hall–Kier alpha value is -1.14. The van der Waals surface area contributed by atoms with Gasteiger partial charge in [0.2, 0.25) is 0 Å². The molecule has 0 unspecified atom stereocenters. The Morgan fingerprint density at radius 1 is 1.28 bits per heavy atom. The minimum absolute atomic E-state index is 0.767. The van der Waals surface area contributed by atoms with Gasteiger partial charge in [0.15, 0.2) is 0 Å². The third kappa shape index (κ3) is 3.68. The summed E-state index contributed by atoms with van der Waals surface area (Å²) in [5.41, 5.74) is 0. The molecule has 0 spiro atoms. The van der Waals surface area contributed by atoms with Crippen LogP contribution in [0.4, 0.5) is 11.6 Å². The molecule has 2 N–H and O–H groups in total. The van der Waals surface area contributed by atoms with E-state index in [0.717, 1.165) is 30.4 Å². The van der Waals surface area contributed by atoms with Crippen LogP contribution in [0, 0.1) is 6.92 Å². The monoisotopic (exact) mass is 326 g/mol. The van der Waals surface area contributed by atoms with Crippen LogP contribution in [0.25, 0.3) is 0 Å². The number of halogens is 1. The predicted molar refractivity (Wildman–Crippen MR) is 80.5 cm³/mol. The molecule has 2 rings (SSSR count). The van der Waals surface area contributed by atoms with Crippen molar-refractivity contribution in [1.29, 1.82) is 0 Å². The maximum absolute atomic E-state index is 4.35. The summed E-state index contributed by atoms with van der Waals surface area (Å²) in [6, 6.07) is 6.13. The van der Waals surface area contributed by atoms with Gasteiger partial charge < -0.3 is 10.6 Å². The summed E-state index contributed by atoms with van der Waals surface area (Å²) in [6.45, 7) is 2.76. The van der Waals surface area contributed by atoms with Crippen LogP contribution >= 0.6 is 27.3 Å². The van der Waals surface area contributed by atoms with E-state index in [1.807, 2.05) is 20.0 Å². The van der Waals surface area contributed by atoms with Crippen LogP contribution in [0.2, 0.25) is 0 Å². The van der Waals surface area contributed by atoms with Crippen LogP contribution in [0.3, 0.4) is 0 Å². The number of aromatic nitrogens is 2. The maximum atomic E-state index is 4.35. The maximum Gasteiger partial charge on any atom is 0.131 e. The molecule has 0 atom stereocenters. The summed E-state index contributed by atoms with van der Waals surface area (Å²) in [5.74, 6) is 2.47. The molecule has 96 valence electrons. The molecule has 6 heteroatoms. The smallest absolute Gasteiger partial charge is 0.131 e. The molecule has 0 aliphatic carbocycles. The Labute approximate surface area is 119 Å². The quantitative estimate of drug-likeness (QED) is 0.885. The molecule has 2 aromatic heterocycles. The van der Waals surface area contributed by atoms with Gasteiger partial charge in [-0.1, -0.05) is 0 Å². The Kier molecular flexibility index (Phi) is 4.54. The topological polar surface area (TPSA) is 49.8 Å². The zero-order chi connectivity index (χ0) is 13.0. The first kappa shape index (κ1) is 13.3. The van der Waals surface area contributed by atoms with Crippen molar-refractivity contribution in [2.75, 3.05) is 24.2 Å². The van der Waals surface area contributed by atoms with Crippen LogP contribution < -0.4 is 10.6 Å². The third-order valence-electron chi connectivity index (χ3n) is 2.40. The molecule has 0 radical (unpaired) electrons. The lowest BCUT2D eigenvalue weighted by Crippen LogP contribution is -2.07. The van der Waals surface area contributed by atoms with Crippen molar-refractivity contribution < 1.29 is 0 Å². The molecule has 0 aliphatic rings. The van der Waals surface area contributed by atoms with E-state index >= 15 is 0 Å². The number of rotatable bonds is 5. The summed E-state index contributed by atoms with van der Waals surface area (Å²) in [5, 5.41) is 6.34. The second-order valence-corrected chi connectivity index (χ2v) is 6.37. The van der Waals surface area contributed by atoms with E-state index in [9.17, 15) is 0 Å². The summed E-state index contributed by atoms with van der Waals surface area (Å²) < 4.78 is 1.17. The second kappa shape index (κ2) is 6.15. The van der Waals surface area contributed by atoms with E-state index < -0.39 is 0 Å². The van der Waals surface area contributed by atoms with Crippen LogP contribution in [0.15, 0.2) is 22.0 Å². The highest BCUT2D eigenvalue weighted by Crippen LogP contribution is 2.22. The SMILES string of the molecule is CNc1cc(NCCc2ccc(Br)s2)nc(C)n1. The van der Waals surface area contributed by atoms with E-state index in [1.165, 1.54) is 8.66 Å². The van der Waals surface area contributed by atoms with Gasteiger partial charge >= 0.3 is 0 Å². The molecular formula is C12H15BrN4S. The molecule has 0 aromatic carbocycles. The molecule has 0 aliphatic heterocycles. The number of hydrogen-bond acceptors (Lipinski definition) is 5. The van der Waals surface area contributed by atoms with Gasteiger partial charge in [0.25, 0.3) is 0 Å². The highest BCUT2D eigenvalue weighted by Gasteiger charge is 2.01. The molecular weight excluding hydrogens is 312 g/mol. The first-order chi connectivity index (χ1) is 8.67. The van der Waals surface area contributed by atoms with Crippen molar-refractivity contribution in [3.63, 3.8) is 0 Å². The van der Waals surface area contributed by atoms with E-state index in [4.69, 9.17) is 0 Å². The third-order valence-corrected chi connectivity index (χ3v) is 4.08. The van der Waals surface area contributed by atoms with Crippen molar-refractivity contribution in [2.45, 2.75) is 13.3 Å². The minimum atomic E-state index is 0.767. The fraction of sp³-hybridized carbons (Fsp3) is 0.333. The average Bonchev–Trinajstić information content (AvgIpc) is 2.74. The van der Waals surface area contributed by atoms with Gasteiger partial charge in [0.05, 0.1) is 3.79 Å². The lowest BCUT2D eigenvalue weighted by Gasteiger charge is -2.07. The molecule has 18 heavy (non-hydrogen) atoms. The van der Waals surface area contributed by atoms with E-state index in [2.05, 4.69) is 48.7 Å². The van der Waals surface area contributed by atoms with Crippen molar-refractivity contribution in [3.8, 4) is 0 Å². The van der Waals surface area contributed by atoms with Crippen molar-refractivity contribution in [1.82, 2.24) is 9.97 Å². The highest BCUT2D eigenvalue weighted by molar-refractivity contribution is 9.11. The fourth-order valence-electron chi connectivity index (χ4n) is 1.59. The van der Waals surface area contributed by atoms with Gasteiger partial charge in [0, 0.05) is 24.5 Å². The zero-order valence-corrected chi connectivity index (χ0v) is 12.7. The number of aryl methyl sites for hydroxylation is 1. The number of nitrogens with zero attached hydrogens (tertiary/aromatic N) is 2. The standard InChI is InChI=1S/C12H15BrN4S/c1-8-16-11(14-2)7-12(17-8)15-6-5-9-3-4-10(13)18-9/h3-4,7H,5-6H2,1-2H3,(H2,14,15,16,17). The molecule has 2 heterocycles. The number of hydrogen-bond donors (Lipinski definition) is 2. The molecule has 0 amide bonds. The van der Waals surface area contributed by atoms with Crippen molar-refractivity contribution in [2.24, 2.45) is 0 Å². The summed E-state index contributed by atoms with van der Waals surface area (Å²) >= 11 is 5.23. The Morgan fingerprint density at radius 2 is 2.06 bits per heavy atom. The Bertz CT molecular complexity index is 527. The van der Waals surface area contributed by atoms with Gasteiger partial charge in [-0.15, -0.1) is 11.3 Å². The highest BCUT2D eigenvalue weighted by atomic mass is 79.9. The van der Waals surface area contributed by atoms with Crippen molar-refractivity contribution >= 4 is 38.9 Å². The number of nitrogens with one attached hydrogen (secondary N) is 2. The average molecular weight is 327 g/mol. The first-order valence-electron chi connectivity index (χ1n) is 5.69. The van der Waals surface area contributed by atoms with Gasteiger partial charge in [-0.3, -0.25) is 0 Å². The summed E-state index contributed by atoms with van der Waals surface area (Å²) in [7, 11) is 1.86. The summed E-state index contributed by atoms with van der Waals surface area (Å²) in [6.07, 6.45) is 0.994. The lowest BCUT2D eigenvalue weighted by molar-refractivity contribution is 0.994. The Morgan fingerprint density at radius 3 is 2.72 bits per heavy atom. The van der Waals surface area contributed by atoms with Gasteiger partial charge in [-0.05, 0) is 41.4 Å². The van der Waals surface area contributed by atoms with E-state index in [1.54, 1.807) is 11.3 Å². The number of anilines is 2. The molecule has 0 saturated carbocycles. The van der Waals surface area contributed by atoms with Crippen LogP contribution in [-0.4, -0.2) is 23.6 Å². The fourth-order valence-corrected chi connectivity index (χ4v) is 3.07. The Balaban J connectivity index is 1.91. The van der Waals surface area contributed by atoms with Crippen LogP contribution in [0.5, 0.6) is 0 Å². The predicted octanol–water partition coefficient (Wildman–Crippen LogP) is 3.31. The molecule has 4 nitrogen and oxygen atoms in total. The molecule has 0 bridgehead atoms. The second-order valence-electron chi connectivity index (χ2n) is 3.82. The van der Waals surface area contributed by atoms with Gasteiger partial charge in [0.1, 0.15) is 17.5 Å². The zero-order valence-electron chi connectivity index (χ0n) is 10.3. The first-order valence-corrected chi connectivity index (χ1v) is 7.30. The lowest BCUT2D eigenvalue weighted by atomic mass is 10.3. The van der Waals surface area contributed by atoms with Crippen molar-refractivity contribution in [3.05, 3.63) is 32.7 Å². The molecule has 0 fully saturated rings. The number of thiophene rings is 1. The van der Waals surface area contributed by atoms with E-state index in [-0.39, 0.29) is 0 Å². The van der Waals surface area contributed by atoms with E-state index in [0.29, 0.717) is 0 Å². The van der Waals surface area contributed by atoms with Crippen LogP contribution in [0.1, 0.15) is 10.7 Å². The minimum Gasteiger partial charge on any atom is -0.373 e. The van der Waals surface area contributed by atoms with Gasteiger partial charge in [-0.2, -0.15) is 0 Å².